The highest BCUT2D eigenvalue weighted by molar-refractivity contribution is 7.90. The molecule has 1 heterocycles. The lowest BCUT2D eigenvalue weighted by Crippen LogP contribution is -2.12. The minimum Gasteiger partial charge on any atom is -0.240 e. The van der Waals surface area contributed by atoms with Crippen LogP contribution in [0, 0.1) is 11.3 Å². The summed E-state index contributed by atoms with van der Waals surface area (Å²) in [5, 5.41) is 9.88. The van der Waals surface area contributed by atoms with Crippen molar-refractivity contribution in [2.45, 2.75) is 4.90 Å². The maximum absolute atomic E-state index is 12.6. The molecular weight excluding hydrogens is 272 g/mol. The summed E-state index contributed by atoms with van der Waals surface area (Å²) in [4.78, 5) is 0.199. The monoisotopic (exact) mass is 282 g/mol. The number of para-hydroxylation sites is 1. The standard InChI is InChI=1S/C15H10N2O2S/c16-11-13-6-4-5-12-9-10-17(15(12)13)20(18,19)14-7-2-1-3-8-14/h1-10H. The highest BCUT2D eigenvalue weighted by Gasteiger charge is 2.19. The summed E-state index contributed by atoms with van der Waals surface area (Å²) in [6.45, 7) is 0. The lowest BCUT2D eigenvalue weighted by atomic mass is 10.2. The van der Waals surface area contributed by atoms with Crippen LogP contribution in [-0.2, 0) is 10.0 Å². The molecule has 0 aliphatic rings. The van der Waals surface area contributed by atoms with Gasteiger partial charge in [0.25, 0.3) is 10.0 Å². The molecule has 0 saturated carbocycles. The molecule has 0 atom stereocenters. The number of hydrogen-bond donors (Lipinski definition) is 0. The van der Waals surface area contributed by atoms with Crippen molar-refractivity contribution in [1.82, 2.24) is 3.97 Å². The molecule has 5 heteroatoms. The molecule has 0 unspecified atom stereocenters. The summed E-state index contributed by atoms with van der Waals surface area (Å²) < 4.78 is 26.4. The number of nitrogens with zero attached hydrogens (tertiary/aromatic N) is 2. The quantitative estimate of drug-likeness (QED) is 0.726. The van der Waals surface area contributed by atoms with Gasteiger partial charge in [0.15, 0.2) is 0 Å². The molecule has 0 radical (unpaired) electrons. The van der Waals surface area contributed by atoms with Crippen LogP contribution < -0.4 is 0 Å². The fraction of sp³-hybridized carbons (Fsp3) is 0. The summed E-state index contributed by atoms with van der Waals surface area (Å²) in [5.41, 5.74) is 0.755. The van der Waals surface area contributed by atoms with Crippen molar-refractivity contribution in [3.63, 3.8) is 0 Å². The Balaban J connectivity index is 2.34. The van der Waals surface area contributed by atoms with E-state index in [1.165, 1.54) is 18.3 Å². The predicted octanol–water partition coefficient (Wildman–Crippen LogP) is 2.75. The second kappa shape index (κ2) is 4.51. The summed E-state index contributed by atoms with van der Waals surface area (Å²) in [7, 11) is -3.69. The molecule has 3 rings (SSSR count). The van der Waals surface area contributed by atoms with Gasteiger partial charge >= 0.3 is 0 Å². The van der Waals surface area contributed by atoms with Crippen LogP contribution in [0.1, 0.15) is 5.56 Å². The molecule has 0 aliphatic heterocycles. The van der Waals surface area contributed by atoms with Crippen molar-refractivity contribution >= 4 is 20.9 Å². The SMILES string of the molecule is N#Cc1cccc2ccn(S(=O)(=O)c3ccccc3)c12. The maximum atomic E-state index is 12.6. The van der Waals surface area contributed by atoms with Gasteiger partial charge in [-0.3, -0.25) is 0 Å². The van der Waals surface area contributed by atoms with Gasteiger partial charge in [0, 0.05) is 11.6 Å². The van der Waals surface area contributed by atoms with Gasteiger partial charge in [0.05, 0.1) is 16.0 Å². The first-order valence-corrected chi connectivity index (χ1v) is 7.39. The van der Waals surface area contributed by atoms with Gasteiger partial charge in [-0.25, -0.2) is 12.4 Å². The third kappa shape index (κ3) is 1.78. The third-order valence-corrected chi connectivity index (χ3v) is 4.79. The number of nitriles is 1. The molecular formula is C15H10N2O2S. The lowest BCUT2D eigenvalue weighted by Gasteiger charge is -2.08. The van der Waals surface area contributed by atoms with Crippen molar-refractivity contribution in [3.05, 3.63) is 66.4 Å². The molecule has 1 aromatic heterocycles. The Bertz CT molecular complexity index is 919. The Morgan fingerprint density at radius 3 is 2.40 bits per heavy atom. The molecule has 0 N–H and O–H groups in total. The molecule has 0 aliphatic carbocycles. The van der Waals surface area contributed by atoms with Crippen LogP contribution in [0.3, 0.4) is 0 Å². The minimum atomic E-state index is -3.69. The molecule has 2 aromatic carbocycles. The molecule has 0 spiro atoms. The van der Waals surface area contributed by atoms with Crippen molar-refractivity contribution in [2.75, 3.05) is 0 Å². The van der Waals surface area contributed by atoms with E-state index in [9.17, 15) is 8.42 Å². The molecule has 0 saturated heterocycles. The van der Waals surface area contributed by atoms with Crippen molar-refractivity contribution in [2.24, 2.45) is 0 Å². The van der Waals surface area contributed by atoms with Crippen LogP contribution in [0.5, 0.6) is 0 Å². The Labute approximate surface area is 116 Å². The van der Waals surface area contributed by atoms with Gasteiger partial charge in [-0.05, 0) is 24.3 Å². The van der Waals surface area contributed by atoms with E-state index in [4.69, 9.17) is 5.26 Å². The number of rotatable bonds is 2. The van der Waals surface area contributed by atoms with Gasteiger partial charge in [-0.15, -0.1) is 0 Å². The molecule has 3 aromatic rings. The van der Waals surface area contributed by atoms with E-state index in [0.29, 0.717) is 11.1 Å². The van der Waals surface area contributed by atoms with Crippen molar-refractivity contribution < 1.29 is 8.42 Å². The van der Waals surface area contributed by atoms with Gasteiger partial charge in [-0.1, -0.05) is 30.3 Å². The fourth-order valence-electron chi connectivity index (χ4n) is 2.16. The van der Waals surface area contributed by atoms with E-state index in [1.54, 1.807) is 42.5 Å². The Morgan fingerprint density at radius 1 is 0.950 bits per heavy atom. The van der Waals surface area contributed by atoms with E-state index < -0.39 is 10.0 Å². The van der Waals surface area contributed by atoms with E-state index >= 15 is 0 Å². The Morgan fingerprint density at radius 2 is 1.70 bits per heavy atom. The van der Waals surface area contributed by atoms with Crippen LogP contribution in [-0.4, -0.2) is 12.4 Å². The van der Waals surface area contributed by atoms with Crippen LogP contribution in [0.4, 0.5) is 0 Å². The highest BCUT2D eigenvalue weighted by Crippen LogP contribution is 2.24. The number of benzene rings is 2. The predicted molar refractivity (Wildman–Crippen MR) is 75.7 cm³/mol. The highest BCUT2D eigenvalue weighted by atomic mass is 32.2. The van der Waals surface area contributed by atoms with Crippen molar-refractivity contribution in [3.8, 4) is 6.07 Å². The smallest absolute Gasteiger partial charge is 0.240 e. The Hall–Kier alpha value is -2.58. The summed E-state index contributed by atoms with van der Waals surface area (Å²) in [6, 6.07) is 17.0. The van der Waals surface area contributed by atoms with Gasteiger partial charge in [-0.2, -0.15) is 5.26 Å². The minimum absolute atomic E-state index is 0.199. The van der Waals surface area contributed by atoms with Crippen LogP contribution >= 0.6 is 0 Å². The fourth-order valence-corrected chi connectivity index (χ4v) is 3.55. The largest absolute Gasteiger partial charge is 0.268 e. The average Bonchev–Trinajstić information content (AvgIpc) is 2.92. The zero-order valence-electron chi connectivity index (χ0n) is 10.4. The molecule has 20 heavy (non-hydrogen) atoms. The lowest BCUT2D eigenvalue weighted by molar-refractivity contribution is 0.589. The van der Waals surface area contributed by atoms with Crippen LogP contribution in [0.25, 0.3) is 10.9 Å². The second-order valence-electron chi connectivity index (χ2n) is 4.28. The van der Waals surface area contributed by atoms with Gasteiger partial charge in [0.1, 0.15) is 6.07 Å². The van der Waals surface area contributed by atoms with Crippen LogP contribution in [0.15, 0.2) is 65.7 Å². The zero-order valence-corrected chi connectivity index (χ0v) is 11.2. The van der Waals surface area contributed by atoms with Crippen LogP contribution in [0.2, 0.25) is 0 Å². The van der Waals surface area contributed by atoms with E-state index in [1.807, 2.05) is 6.07 Å². The number of hydrogen-bond acceptors (Lipinski definition) is 3. The molecule has 98 valence electrons. The van der Waals surface area contributed by atoms with Gasteiger partial charge in [0.2, 0.25) is 0 Å². The molecule has 0 amide bonds. The van der Waals surface area contributed by atoms with E-state index in [0.717, 1.165) is 9.36 Å². The summed E-state index contributed by atoms with van der Waals surface area (Å²) in [6.07, 6.45) is 1.48. The molecule has 0 fully saturated rings. The number of aromatic nitrogens is 1. The Kier molecular flexibility index (Phi) is 2.81. The summed E-state index contributed by atoms with van der Waals surface area (Å²) in [5.74, 6) is 0. The van der Waals surface area contributed by atoms with Gasteiger partial charge < -0.3 is 0 Å². The molecule has 4 nitrogen and oxygen atoms in total. The topological polar surface area (TPSA) is 62.9 Å². The van der Waals surface area contributed by atoms with Crippen molar-refractivity contribution in [1.29, 1.82) is 5.26 Å². The number of fused-ring (bicyclic) bond motifs is 1. The zero-order chi connectivity index (χ0) is 14.2. The third-order valence-electron chi connectivity index (χ3n) is 3.10. The summed E-state index contributed by atoms with van der Waals surface area (Å²) >= 11 is 0. The second-order valence-corrected chi connectivity index (χ2v) is 6.10. The molecule has 0 bridgehead atoms. The maximum Gasteiger partial charge on any atom is 0.268 e. The normalized spacial score (nSPS) is 11.3. The first-order chi connectivity index (χ1) is 9.64. The first-order valence-electron chi connectivity index (χ1n) is 5.95. The first kappa shape index (κ1) is 12.5. The van der Waals surface area contributed by atoms with E-state index in [-0.39, 0.29) is 4.90 Å². The van der Waals surface area contributed by atoms with E-state index in [2.05, 4.69) is 0 Å². The average molecular weight is 282 g/mol.